The maximum atomic E-state index is 11.7. The summed E-state index contributed by atoms with van der Waals surface area (Å²) in [5.41, 5.74) is 6.23. The predicted molar refractivity (Wildman–Crippen MR) is 59.5 cm³/mol. The van der Waals surface area contributed by atoms with Gasteiger partial charge in [0.05, 0.1) is 6.20 Å². The molecule has 0 bridgehead atoms. The number of nitrogens with one attached hydrogen (secondary N) is 1. The number of nitrogens with two attached hydrogens (primary N) is 1. The molecule has 3 N–H and O–H groups in total. The molecule has 5 nitrogen and oxygen atoms in total. The number of nitrogen functional groups attached to an aromatic ring is 1. The van der Waals surface area contributed by atoms with E-state index in [1.165, 1.54) is 6.20 Å². The minimum absolute atomic E-state index is 0.151. The van der Waals surface area contributed by atoms with Crippen LogP contribution in [0.4, 0.5) is 5.82 Å². The Morgan fingerprint density at radius 2 is 2.33 bits per heavy atom. The van der Waals surface area contributed by atoms with E-state index in [2.05, 4.69) is 10.4 Å². The Bertz CT molecular complexity index is 345. The second kappa shape index (κ2) is 4.82. The van der Waals surface area contributed by atoms with Crippen molar-refractivity contribution >= 4 is 11.7 Å². The van der Waals surface area contributed by atoms with Crippen molar-refractivity contribution in [3.8, 4) is 0 Å². The molecule has 0 saturated heterocycles. The number of rotatable bonds is 4. The van der Waals surface area contributed by atoms with Gasteiger partial charge in [-0.1, -0.05) is 6.92 Å². The molecule has 0 aliphatic rings. The van der Waals surface area contributed by atoms with Crippen LogP contribution in [0, 0.1) is 0 Å². The summed E-state index contributed by atoms with van der Waals surface area (Å²) < 4.78 is 1.60. The number of hydrogen-bond acceptors (Lipinski definition) is 3. The van der Waals surface area contributed by atoms with Crippen LogP contribution in [0.1, 0.15) is 37.6 Å². The fraction of sp³-hybridized carbons (Fsp3) is 0.600. The van der Waals surface area contributed by atoms with E-state index in [1.54, 1.807) is 4.68 Å². The van der Waals surface area contributed by atoms with Crippen molar-refractivity contribution < 1.29 is 4.79 Å². The maximum Gasteiger partial charge on any atom is 0.256 e. The third kappa shape index (κ3) is 2.49. The second-order valence-electron chi connectivity index (χ2n) is 3.54. The molecular weight excluding hydrogens is 192 g/mol. The van der Waals surface area contributed by atoms with Crippen LogP contribution in [0.25, 0.3) is 0 Å². The first kappa shape index (κ1) is 11.6. The summed E-state index contributed by atoms with van der Waals surface area (Å²) in [7, 11) is 0. The van der Waals surface area contributed by atoms with Gasteiger partial charge in [0.1, 0.15) is 11.4 Å². The number of anilines is 1. The monoisotopic (exact) mass is 210 g/mol. The van der Waals surface area contributed by atoms with Crippen LogP contribution in [0.5, 0.6) is 0 Å². The Hall–Kier alpha value is -1.52. The first-order valence-corrected chi connectivity index (χ1v) is 5.22. The summed E-state index contributed by atoms with van der Waals surface area (Å²) in [5, 5.41) is 6.87. The Morgan fingerprint density at radius 3 is 2.80 bits per heavy atom. The number of aromatic nitrogens is 2. The Labute approximate surface area is 89.6 Å². The van der Waals surface area contributed by atoms with Crippen LogP contribution in [0.15, 0.2) is 6.20 Å². The highest BCUT2D eigenvalue weighted by Crippen LogP contribution is 2.10. The van der Waals surface area contributed by atoms with Gasteiger partial charge in [-0.2, -0.15) is 5.10 Å². The molecule has 15 heavy (non-hydrogen) atoms. The third-order valence-electron chi connectivity index (χ3n) is 2.41. The molecule has 0 spiro atoms. The fourth-order valence-corrected chi connectivity index (χ4v) is 1.23. The smallest absolute Gasteiger partial charge is 0.256 e. The van der Waals surface area contributed by atoms with Gasteiger partial charge in [0, 0.05) is 12.6 Å². The Kier molecular flexibility index (Phi) is 3.71. The van der Waals surface area contributed by atoms with Crippen molar-refractivity contribution in [2.24, 2.45) is 0 Å². The zero-order chi connectivity index (χ0) is 11.4. The fourth-order valence-electron chi connectivity index (χ4n) is 1.23. The first-order valence-electron chi connectivity index (χ1n) is 5.22. The number of nitrogens with zero attached hydrogens (tertiary/aromatic N) is 2. The lowest BCUT2D eigenvalue weighted by Gasteiger charge is -2.10. The van der Waals surface area contributed by atoms with Crippen molar-refractivity contribution in [2.75, 3.05) is 5.73 Å². The second-order valence-corrected chi connectivity index (χ2v) is 3.54. The lowest BCUT2D eigenvalue weighted by Crippen LogP contribution is -2.32. The summed E-state index contributed by atoms with van der Waals surface area (Å²) in [6, 6.07) is 0.155. The van der Waals surface area contributed by atoms with Crippen molar-refractivity contribution in [3.63, 3.8) is 0 Å². The third-order valence-corrected chi connectivity index (χ3v) is 2.41. The molecule has 0 aromatic carbocycles. The molecule has 0 aliphatic carbocycles. The highest BCUT2D eigenvalue weighted by atomic mass is 16.1. The molecule has 1 heterocycles. The van der Waals surface area contributed by atoms with Gasteiger partial charge >= 0.3 is 0 Å². The van der Waals surface area contributed by atoms with E-state index < -0.39 is 0 Å². The first-order chi connectivity index (χ1) is 7.10. The van der Waals surface area contributed by atoms with Gasteiger partial charge in [-0.15, -0.1) is 0 Å². The molecule has 5 heteroatoms. The molecule has 1 atom stereocenters. The summed E-state index contributed by atoms with van der Waals surface area (Å²) in [6.45, 7) is 6.57. The van der Waals surface area contributed by atoms with E-state index in [0.29, 0.717) is 17.9 Å². The topological polar surface area (TPSA) is 72.9 Å². The molecule has 0 radical (unpaired) electrons. The van der Waals surface area contributed by atoms with Gasteiger partial charge in [0.2, 0.25) is 0 Å². The number of hydrogen-bond donors (Lipinski definition) is 2. The minimum atomic E-state index is -0.151. The zero-order valence-electron chi connectivity index (χ0n) is 9.45. The summed E-state index contributed by atoms with van der Waals surface area (Å²) in [5.74, 6) is 0.278. The van der Waals surface area contributed by atoms with Gasteiger partial charge in [-0.05, 0) is 20.3 Å². The van der Waals surface area contributed by atoms with Crippen molar-refractivity contribution in [1.82, 2.24) is 15.1 Å². The summed E-state index contributed by atoms with van der Waals surface area (Å²) in [6.07, 6.45) is 2.41. The van der Waals surface area contributed by atoms with E-state index in [1.807, 2.05) is 20.8 Å². The molecule has 84 valence electrons. The summed E-state index contributed by atoms with van der Waals surface area (Å²) >= 11 is 0. The average Bonchev–Trinajstić information content (AvgIpc) is 2.59. The van der Waals surface area contributed by atoms with Gasteiger partial charge in [-0.3, -0.25) is 4.79 Å². The lowest BCUT2D eigenvalue weighted by molar-refractivity contribution is 0.0940. The highest BCUT2D eigenvalue weighted by Gasteiger charge is 2.15. The van der Waals surface area contributed by atoms with Gasteiger partial charge in [0.15, 0.2) is 0 Å². The van der Waals surface area contributed by atoms with Crippen molar-refractivity contribution in [2.45, 2.75) is 39.8 Å². The maximum absolute atomic E-state index is 11.7. The Balaban J connectivity index is 2.78. The largest absolute Gasteiger partial charge is 0.383 e. The van der Waals surface area contributed by atoms with Crippen molar-refractivity contribution in [3.05, 3.63) is 11.8 Å². The van der Waals surface area contributed by atoms with E-state index >= 15 is 0 Å². The van der Waals surface area contributed by atoms with Gasteiger partial charge < -0.3 is 11.1 Å². The zero-order valence-corrected chi connectivity index (χ0v) is 9.45. The number of carbonyl (C=O) groups excluding carboxylic acids is 1. The van der Waals surface area contributed by atoms with Crippen LogP contribution in [-0.4, -0.2) is 21.7 Å². The number of amides is 1. The molecule has 1 rings (SSSR count). The van der Waals surface area contributed by atoms with Gasteiger partial charge in [-0.25, -0.2) is 4.68 Å². The standard InChI is InChI=1S/C10H18N4O/c1-4-7(3)13-10(15)8-6-12-14(5-2)9(8)11/h6-7H,4-5,11H2,1-3H3,(H,13,15). The SMILES string of the molecule is CCC(C)NC(=O)c1cnn(CC)c1N. The minimum Gasteiger partial charge on any atom is -0.383 e. The van der Waals surface area contributed by atoms with Crippen LogP contribution in [0.2, 0.25) is 0 Å². The quantitative estimate of drug-likeness (QED) is 0.779. The van der Waals surface area contributed by atoms with Crippen LogP contribution < -0.4 is 11.1 Å². The van der Waals surface area contributed by atoms with E-state index in [4.69, 9.17) is 5.73 Å². The predicted octanol–water partition coefficient (Wildman–Crippen LogP) is 1.01. The van der Waals surface area contributed by atoms with E-state index in [9.17, 15) is 4.79 Å². The molecule has 1 amide bonds. The average molecular weight is 210 g/mol. The molecule has 0 aliphatic heterocycles. The van der Waals surface area contributed by atoms with Crippen LogP contribution in [0.3, 0.4) is 0 Å². The molecule has 0 saturated carbocycles. The van der Waals surface area contributed by atoms with Gasteiger partial charge in [0.25, 0.3) is 5.91 Å². The van der Waals surface area contributed by atoms with E-state index in [0.717, 1.165) is 6.42 Å². The lowest BCUT2D eigenvalue weighted by atomic mass is 10.2. The Morgan fingerprint density at radius 1 is 1.67 bits per heavy atom. The molecule has 1 aromatic rings. The highest BCUT2D eigenvalue weighted by molar-refractivity contribution is 5.98. The molecular formula is C10H18N4O. The molecule has 1 aromatic heterocycles. The molecule has 1 unspecified atom stereocenters. The van der Waals surface area contributed by atoms with Crippen LogP contribution >= 0.6 is 0 Å². The molecule has 0 fully saturated rings. The number of carbonyl (C=O) groups is 1. The van der Waals surface area contributed by atoms with Crippen LogP contribution in [-0.2, 0) is 6.54 Å². The van der Waals surface area contributed by atoms with E-state index in [-0.39, 0.29) is 11.9 Å². The number of aryl methyl sites for hydroxylation is 1. The van der Waals surface area contributed by atoms with Crippen molar-refractivity contribution in [1.29, 1.82) is 0 Å². The summed E-state index contributed by atoms with van der Waals surface area (Å²) in [4.78, 5) is 11.7. The normalized spacial score (nSPS) is 12.5.